The minimum atomic E-state index is -3.77. The van der Waals surface area contributed by atoms with Gasteiger partial charge < -0.3 is 9.47 Å². The Morgan fingerprint density at radius 1 is 1.00 bits per heavy atom. The van der Waals surface area contributed by atoms with Crippen molar-refractivity contribution in [2.24, 2.45) is 5.10 Å². The molecule has 0 fully saturated rings. The molecule has 0 aliphatic rings. The van der Waals surface area contributed by atoms with Gasteiger partial charge in [0.05, 0.1) is 24.8 Å². The molecule has 0 bridgehead atoms. The van der Waals surface area contributed by atoms with Gasteiger partial charge in [0.2, 0.25) is 0 Å². The lowest BCUT2D eigenvalue weighted by Crippen LogP contribution is -2.18. The Balaban J connectivity index is 1.62. The number of nitrogens with zero attached hydrogens (tertiary/aromatic N) is 1. The normalized spacial score (nSPS) is 11.2. The van der Waals surface area contributed by atoms with Crippen LogP contribution < -0.4 is 19.6 Å². The van der Waals surface area contributed by atoms with Crippen LogP contribution in [0.1, 0.15) is 22.8 Å². The maximum atomic E-state index is 12.6. The van der Waals surface area contributed by atoms with E-state index >= 15 is 0 Å². The lowest BCUT2D eigenvalue weighted by atomic mass is 10.2. The zero-order chi connectivity index (χ0) is 23.0. The van der Waals surface area contributed by atoms with Crippen LogP contribution in [0.2, 0.25) is 0 Å². The number of methoxy groups -OCH3 is 1. The van der Waals surface area contributed by atoms with Crippen molar-refractivity contribution in [2.45, 2.75) is 11.8 Å². The quantitative estimate of drug-likeness (QED) is 0.380. The average molecular weight is 454 g/mol. The number of nitrogens with one attached hydrogen (secondary N) is 2. The van der Waals surface area contributed by atoms with E-state index in [2.05, 4.69) is 15.2 Å². The number of hydrazone groups is 1. The largest absolute Gasteiger partial charge is 0.496 e. The highest BCUT2D eigenvalue weighted by molar-refractivity contribution is 7.92. The second-order valence-electron chi connectivity index (χ2n) is 6.53. The summed E-state index contributed by atoms with van der Waals surface area (Å²) in [5, 5.41) is 3.94. The third-order valence-corrected chi connectivity index (χ3v) is 5.75. The minimum absolute atomic E-state index is 0.105. The van der Waals surface area contributed by atoms with Gasteiger partial charge in [0.1, 0.15) is 11.5 Å². The third kappa shape index (κ3) is 5.86. The fraction of sp³-hybridized carbons (Fsp3) is 0.130. The molecule has 0 unspecified atom stereocenters. The van der Waals surface area contributed by atoms with E-state index in [9.17, 15) is 13.2 Å². The van der Waals surface area contributed by atoms with Crippen LogP contribution >= 0.6 is 0 Å². The number of ether oxygens (including phenoxy) is 2. The molecule has 8 nitrogen and oxygen atoms in total. The molecule has 2 N–H and O–H groups in total. The first-order chi connectivity index (χ1) is 15.4. The molecule has 0 saturated heterocycles. The van der Waals surface area contributed by atoms with Gasteiger partial charge in [-0.25, -0.2) is 13.8 Å². The summed E-state index contributed by atoms with van der Waals surface area (Å²) in [5.41, 5.74) is 3.80. The van der Waals surface area contributed by atoms with Crippen molar-refractivity contribution in [3.63, 3.8) is 0 Å². The van der Waals surface area contributed by atoms with Gasteiger partial charge in [-0.3, -0.25) is 9.52 Å². The molecular formula is C23H23N3O5S. The van der Waals surface area contributed by atoms with E-state index in [0.29, 0.717) is 34.9 Å². The first kappa shape index (κ1) is 22.8. The van der Waals surface area contributed by atoms with Gasteiger partial charge in [0.15, 0.2) is 0 Å². The van der Waals surface area contributed by atoms with E-state index in [1.807, 2.05) is 19.1 Å². The summed E-state index contributed by atoms with van der Waals surface area (Å²) >= 11 is 0. The lowest BCUT2D eigenvalue weighted by molar-refractivity contribution is 0.0955. The van der Waals surface area contributed by atoms with Crippen LogP contribution in [0.5, 0.6) is 11.5 Å². The maximum Gasteiger partial charge on any atom is 0.271 e. The SMILES string of the molecule is CCOc1ccc(S(=O)(=O)Nc2ccc(C(=O)NN=Cc3ccccc3OC)cc2)cc1. The predicted octanol–water partition coefficient (Wildman–Crippen LogP) is 3.66. The number of benzene rings is 3. The first-order valence-corrected chi connectivity index (χ1v) is 11.2. The minimum Gasteiger partial charge on any atom is -0.496 e. The number of hydrogen-bond acceptors (Lipinski definition) is 6. The second-order valence-corrected chi connectivity index (χ2v) is 8.21. The number of anilines is 1. The van der Waals surface area contributed by atoms with Crippen LogP contribution in [-0.2, 0) is 10.0 Å². The summed E-state index contributed by atoms with van der Waals surface area (Å²) in [7, 11) is -2.22. The molecule has 0 heterocycles. The smallest absolute Gasteiger partial charge is 0.271 e. The third-order valence-electron chi connectivity index (χ3n) is 4.35. The van der Waals surface area contributed by atoms with Gasteiger partial charge in [0.25, 0.3) is 15.9 Å². The number of hydrogen-bond donors (Lipinski definition) is 2. The summed E-state index contributed by atoms with van der Waals surface area (Å²) in [5.74, 6) is 0.793. The lowest BCUT2D eigenvalue weighted by Gasteiger charge is -2.09. The number of para-hydroxylation sites is 1. The molecule has 9 heteroatoms. The molecule has 0 aliphatic carbocycles. The van der Waals surface area contributed by atoms with Gasteiger partial charge in [-0.1, -0.05) is 12.1 Å². The Labute approximate surface area is 186 Å². The van der Waals surface area contributed by atoms with Crippen LogP contribution in [0.15, 0.2) is 82.8 Å². The molecule has 166 valence electrons. The van der Waals surface area contributed by atoms with Crippen molar-refractivity contribution < 1.29 is 22.7 Å². The Hall–Kier alpha value is -3.85. The van der Waals surface area contributed by atoms with Crippen LogP contribution in [0.4, 0.5) is 5.69 Å². The summed E-state index contributed by atoms with van der Waals surface area (Å²) in [6, 6.07) is 19.4. The molecule has 3 rings (SSSR count). The zero-order valence-electron chi connectivity index (χ0n) is 17.6. The van der Waals surface area contributed by atoms with Crippen molar-refractivity contribution in [2.75, 3.05) is 18.4 Å². The van der Waals surface area contributed by atoms with Crippen molar-refractivity contribution >= 4 is 27.8 Å². The zero-order valence-corrected chi connectivity index (χ0v) is 18.4. The van der Waals surface area contributed by atoms with E-state index in [1.54, 1.807) is 31.4 Å². The fourth-order valence-corrected chi connectivity index (χ4v) is 3.84. The number of amides is 1. The Morgan fingerprint density at radius 3 is 2.34 bits per heavy atom. The molecule has 3 aromatic rings. The van der Waals surface area contributed by atoms with Gasteiger partial charge in [-0.05, 0) is 67.6 Å². The van der Waals surface area contributed by atoms with Crippen LogP contribution in [0, 0.1) is 0 Å². The summed E-state index contributed by atoms with van der Waals surface area (Å²) in [6.07, 6.45) is 1.48. The Bertz CT molecular complexity index is 1190. The highest BCUT2D eigenvalue weighted by Gasteiger charge is 2.14. The predicted molar refractivity (Wildman–Crippen MR) is 123 cm³/mol. The van der Waals surface area contributed by atoms with Crippen molar-refractivity contribution in [1.29, 1.82) is 0 Å². The molecule has 0 saturated carbocycles. The van der Waals surface area contributed by atoms with Crippen LogP contribution in [-0.4, -0.2) is 34.3 Å². The van der Waals surface area contributed by atoms with E-state index in [0.717, 1.165) is 0 Å². The molecule has 3 aromatic carbocycles. The highest BCUT2D eigenvalue weighted by Crippen LogP contribution is 2.20. The molecule has 0 radical (unpaired) electrons. The highest BCUT2D eigenvalue weighted by atomic mass is 32.2. The fourth-order valence-electron chi connectivity index (χ4n) is 2.78. The molecule has 0 aliphatic heterocycles. The number of sulfonamides is 1. The molecule has 0 aromatic heterocycles. The Morgan fingerprint density at radius 2 is 1.69 bits per heavy atom. The monoisotopic (exact) mass is 453 g/mol. The maximum absolute atomic E-state index is 12.6. The van der Waals surface area contributed by atoms with E-state index in [1.165, 1.54) is 42.6 Å². The van der Waals surface area contributed by atoms with Gasteiger partial charge in [-0.15, -0.1) is 0 Å². The Kier molecular flexibility index (Phi) is 7.45. The first-order valence-electron chi connectivity index (χ1n) is 9.75. The van der Waals surface area contributed by atoms with Crippen LogP contribution in [0.25, 0.3) is 0 Å². The molecule has 0 spiro atoms. The number of carbonyl (C=O) groups is 1. The topological polar surface area (TPSA) is 106 Å². The standard InChI is InChI=1S/C23H23N3O5S/c1-3-31-20-12-14-21(15-13-20)32(28,29)26-19-10-8-17(9-11-19)23(27)25-24-16-18-6-4-5-7-22(18)30-2/h4-16,26H,3H2,1-2H3,(H,25,27). The summed E-state index contributed by atoms with van der Waals surface area (Å²) < 4.78 is 38.1. The molecule has 32 heavy (non-hydrogen) atoms. The number of carbonyl (C=O) groups excluding carboxylic acids is 1. The molecule has 0 atom stereocenters. The van der Waals surface area contributed by atoms with Crippen molar-refractivity contribution in [3.05, 3.63) is 83.9 Å². The van der Waals surface area contributed by atoms with Gasteiger partial charge in [0, 0.05) is 16.8 Å². The van der Waals surface area contributed by atoms with E-state index < -0.39 is 15.9 Å². The van der Waals surface area contributed by atoms with E-state index in [4.69, 9.17) is 9.47 Å². The van der Waals surface area contributed by atoms with E-state index in [-0.39, 0.29) is 4.90 Å². The second kappa shape index (κ2) is 10.5. The van der Waals surface area contributed by atoms with Gasteiger partial charge in [-0.2, -0.15) is 5.10 Å². The molecule has 1 amide bonds. The summed E-state index contributed by atoms with van der Waals surface area (Å²) in [4.78, 5) is 12.4. The average Bonchev–Trinajstić information content (AvgIpc) is 2.80. The number of rotatable bonds is 9. The molecular weight excluding hydrogens is 430 g/mol. The van der Waals surface area contributed by atoms with Gasteiger partial charge >= 0.3 is 0 Å². The van der Waals surface area contributed by atoms with Crippen LogP contribution in [0.3, 0.4) is 0 Å². The van der Waals surface area contributed by atoms with Crippen molar-refractivity contribution in [3.8, 4) is 11.5 Å². The van der Waals surface area contributed by atoms with Crippen molar-refractivity contribution in [1.82, 2.24) is 5.43 Å². The summed E-state index contributed by atoms with van der Waals surface area (Å²) in [6.45, 7) is 2.35.